The molecule has 0 bridgehead atoms. The van der Waals surface area contributed by atoms with Crippen LogP contribution in [0.15, 0.2) is 0 Å². The fourth-order valence-electron chi connectivity index (χ4n) is 0. The Morgan fingerprint density at radius 1 is 1.23 bits per heavy atom. The van der Waals surface area contributed by atoms with Crippen molar-refractivity contribution in [3.8, 4) is 0 Å². The Morgan fingerprint density at radius 2 is 1.31 bits per heavy atom. The Hall–Kier alpha value is 1.82. The molecule has 76 valence electrons. The minimum atomic E-state index is -4.67. The van der Waals surface area contributed by atoms with E-state index in [1.807, 2.05) is 0 Å². The summed E-state index contributed by atoms with van der Waals surface area (Å²) in [6, 6.07) is 0. The van der Waals surface area contributed by atoms with Crippen molar-refractivity contribution in [1.82, 2.24) is 0 Å². The Morgan fingerprint density at radius 3 is 1.31 bits per heavy atom. The second kappa shape index (κ2) is 11.9. The summed E-state index contributed by atoms with van der Waals surface area (Å²) in [6.45, 7) is 1.20. The van der Waals surface area contributed by atoms with Gasteiger partial charge in [-0.1, -0.05) is 0 Å². The fraction of sp³-hybridized carbons (Fsp3) is 0.667. The zero-order valence-electron chi connectivity index (χ0n) is 5.50. The van der Waals surface area contributed by atoms with E-state index >= 15 is 0 Å². The van der Waals surface area contributed by atoms with Crippen molar-refractivity contribution in [3.05, 3.63) is 0 Å². The van der Waals surface area contributed by atoms with E-state index in [2.05, 4.69) is 0 Å². The monoisotopic (exact) mass is 272 g/mol. The summed E-state index contributed by atoms with van der Waals surface area (Å²) in [5.41, 5.74) is 0. The molecule has 0 saturated heterocycles. The van der Waals surface area contributed by atoms with E-state index in [1.54, 1.807) is 0 Å². The van der Waals surface area contributed by atoms with Crippen LogP contribution in [-0.4, -0.2) is 115 Å². The van der Waals surface area contributed by atoms with Gasteiger partial charge in [0.25, 0.3) is 0 Å². The molecule has 0 aromatic rings. The molecule has 0 aromatic carbocycles. The van der Waals surface area contributed by atoms with Crippen molar-refractivity contribution < 1.29 is 32.5 Å². The van der Waals surface area contributed by atoms with Crippen molar-refractivity contribution in [2.24, 2.45) is 0 Å². The molecule has 0 fully saturated rings. The van der Waals surface area contributed by atoms with E-state index in [0.29, 0.717) is 0 Å². The third-order valence-electron chi connectivity index (χ3n) is 0.357. The quantitative estimate of drug-likeness (QED) is 0.295. The molecule has 0 radical (unpaired) electrons. The van der Waals surface area contributed by atoms with Gasteiger partial charge in [0.15, 0.2) is 0 Å². The van der Waals surface area contributed by atoms with Crippen LogP contribution in [0.1, 0.15) is 6.92 Å². The van der Waals surface area contributed by atoms with Crippen LogP contribution in [-0.2, 0) is 15.2 Å². The molecule has 7 nitrogen and oxygen atoms in total. The molecule has 10 heteroatoms. The average Bonchev–Trinajstić information content (AvgIpc) is 1.59. The molecule has 0 aliphatic heterocycles. The van der Waals surface area contributed by atoms with E-state index in [4.69, 9.17) is 27.7 Å². The van der Waals surface area contributed by atoms with Gasteiger partial charge in [-0.05, 0) is 6.92 Å². The summed E-state index contributed by atoms with van der Waals surface area (Å²) in [6.07, 6.45) is -1.23. The summed E-state index contributed by atoms with van der Waals surface area (Å²) in [5.74, 6) is -1.19. The van der Waals surface area contributed by atoms with Crippen molar-refractivity contribution >= 4 is 91.8 Å². The minimum absolute atomic E-state index is 0. The summed E-state index contributed by atoms with van der Waals surface area (Å²) in [5, 5.41) is 15.8. The SMILES string of the molecule is CC(O)C(=O)O.O=S(=O)(O)O.[CaH2].[CaH2]. The van der Waals surface area contributed by atoms with Gasteiger partial charge < -0.3 is 10.2 Å². The fourth-order valence-corrected chi connectivity index (χ4v) is 0. The maximum absolute atomic E-state index is 9.45. The van der Waals surface area contributed by atoms with E-state index in [-0.39, 0.29) is 75.5 Å². The molecule has 1 unspecified atom stereocenters. The van der Waals surface area contributed by atoms with Gasteiger partial charge in [0, 0.05) is 0 Å². The molecule has 0 rings (SSSR count). The van der Waals surface area contributed by atoms with E-state index in [0.717, 1.165) is 0 Å². The molecule has 4 N–H and O–H groups in total. The van der Waals surface area contributed by atoms with Crippen LogP contribution in [0.3, 0.4) is 0 Å². The molecule has 0 heterocycles. The Kier molecular flexibility index (Phi) is 22.1. The standard InChI is InChI=1S/C3H6O3.2Ca.H2O4S.4H/c1-2(4)3(5)6;;;1-5(2,3)4;;;;/h2,4H,1H3,(H,5,6);;;(H2,1,2,3,4);;;;. The first-order valence-electron chi connectivity index (χ1n) is 2.25. The second-order valence-electron chi connectivity index (χ2n) is 1.46. The number of hydrogen-bond donors (Lipinski definition) is 4. The van der Waals surface area contributed by atoms with E-state index in [1.165, 1.54) is 6.92 Å². The molecular formula is C3H12Ca2O7S. The third-order valence-corrected chi connectivity index (χ3v) is 0.357. The van der Waals surface area contributed by atoms with E-state index < -0.39 is 22.5 Å². The van der Waals surface area contributed by atoms with Crippen molar-refractivity contribution in [3.63, 3.8) is 0 Å². The van der Waals surface area contributed by atoms with Crippen molar-refractivity contribution in [2.75, 3.05) is 0 Å². The first-order valence-corrected chi connectivity index (χ1v) is 3.65. The van der Waals surface area contributed by atoms with Crippen molar-refractivity contribution in [2.45, 2.75) is 13.0 Å². The molecule has 1 atom stereocenters. The van der Waals surface area contributed by atoms with Gasteiger partial charge >= 0.3 is 91.8 Å². The second-order valence-corrected chi connectivity index (χ2v) is 2.36. The van der Waals surface area contributed by atoms with Crippen molar-refractivity contribution in [1.29, 1.82) is 0 Å². The zero-order valence-corrected chi connectivity index (χ0v) is 6.32. The van der Waals surface area contributed by atoms with Gasteiger partial charge in [0.2, 0.25) is 0 Å². The number of carbonyl (C=O) groups is 1. The van der Waals surface area contributed by atoms with Crippen LogP contribution in [0.5, 0.6) is 0 Å². The molecule has 0 aromatic heterocycles. The predicted octanol–water partition coefficient (Wildman–Crippen LogP) is -3.03. The van der Waals surface area contributed by atoms with Crippen LogP contribution < -0.4 is 0 Å². The molecule has 0 aliphatic carbocycles. The number of carboxylic acids is 1. The topological polar surface area (TPSA) is 132 Å². The van der Waals surface area contributed by atoms with Gasteiger partial charge in [-0.15, -0.1) is 0 Å². The molecule has 13 heavy (non-hydrogen) atoms. The van der Waals surface area contributed by atoms with Crippen LogP contribution in [0.2, 0.25) is 0 Å². The zero-order chi connectivity index (χ0) is 9.65. The third kappa shape index (κ3) is 57.0. The number of hydrogen-bond acceptors (Lipinski definition) is 4. The molecule has 0 spiro atoms. The van der Waals surface area contributed by atoms with Gasteiger partial charge in [-0.2, -0.15) is 8.42 Å². The summed E-state index contributed by atoms with van der Waals surface area (Å²) in [7, 11) is -4.67. The molecular weight excluding hydrogens is 260 g/mol. The van der Waals surface area contributed by atoms with Gasteiger partial charge in [0.1, 0.15) is 6.10 Å². The van der Waals surface area contributed by atoms with E-state index in [9.17, 15) is 4.79 Å². The Labute approximate surface area is 135 Å². The van der Waals surface area contributed by atoms with Crippen LogP contribution >= 0.6 is 0 Å². The first kappa shape index (κ1) is 24.2. The summed E-state index contributed by atoms with van der Waals surface area (Å²) >= 11 is 0. The summed E-state index contributed by atoms with van der Waals surface area (Å²) in [4.78, 5) is 9.45. The van der Waals surface area contributed by atoms with Gasteiger partial charge in [-0.25, -0.2) is 4.79 Å². The predicted molar refractivity (Wildman–Crippen MR) is 50.6 cm³/mol. The van der Waals surface area contributed by atoms with Crippen LogP contribution in [0.25, 0.3) is 0 Å². The number of carboxylic acid groups (broad SMARTS) is 1. The number of aliphatic hydroxyl groups excluding tert-OH is 1. The normalized spacial score (nSPS) is 10.8. The van der Waals surface area contributed by atoms with Crippen LogP contribution in [0.4, 0.5) is 0 Å². The number of aliphatic carboxylic acids is 1. The molecule has 0 aliphatic rings. The Bertz CT molecular complexity index is 202. The number of rotatable bonds is 1. The maximum atomic E-state index is 9.45. The van der Waals surface area contributed by atoms with Gasteiger partial charge in [-0.3, -0.25) is 9.11 Å². The number of aliphatic hydroxyl groups is 1. The van der Waals surface area contributed by atoms with Gasteiger partial charge in [0.05, 0.1) is 0 Å². The average molecular weight is 272 g/mol. The summed E-state index contributed by atoms with van der Waals surface area (Å²) < 4.78 is 31.6. The molecule has 0 amide bonds. The first-order chi connectivity index (χ1) is 4.64. The molecule has 0 saturated carbocycles. The Balaban J connectivity index is -0.0000000546. The van der Waals surface area contributed by atoms with Crippen LogP contribution in [0, 0.1) is 0 Å².